The number of fused-ring (bicyclic) bond motifs is 1. The predicted octanol–water partition coefficient (Wildman–Crippen LogP) is 2.98. The van der Waals surface area contributed by atoms with Crippen molar-refractivity contribution in [3.63, 3.8) is 0 Å². The van der Waals surface area contributed by atoms with Crippen LogP contribution in [0.15, 0.2) is 55.0 Å². The number of H-pyrrole nitrogens is 1. The van der Waals surface area contributed by atoms with Crippen molar-refractivity contribution in [1.29, 1.82) is 0 Å². The van der Waals surface area contributed by atoms with Gasteiger partial charge in [-0.2, -0.15) is 5.10 Å². The third-order valence-corrected chi connectivity index (χ3v) is 4.77. The first-order valence-corrected chi connectivity index (χ1v) is 9.41. The largest absolute Gasteiger partial charge is 0.366 e. The summed E-state index contributed by atoms with van der Waals surface area (Å²) in [7, 11) is 1.55. The Kier molecular flexibility index (Phi) is 5.19. The Balaban J connectivity index is 1.86. The third-order valence-electron chi connectivity index (χ3n) is 4.77. The molecule has 3 amide bonds. The predicted molar refractivity (Wildman–Crippen MR) is 118 cm³/mol. The van der Waals surface area contributed by atoms with Crippen LogP contribution in [0, 0.1) is 6.92 Å². The number of amides is 3. The summed E-state index contributed by atoms with van der Waals surface area (Å²) in [5.41, 5.74) is 9.53. The number of aromatic nitrogens is 4. The van der Waals surface area contributed by atoms with Gasteiger partial charge in [-0.15, -0.1) is 0 Å². The lowest BCUT2D eigenvalue weighted by atomic mass is 10.1. The normalized spacial score (nSPS) is 10.6. The quantitative estimate of drug-likeness (QED) is 0.394. The number of carbonyl (C=O) groups excluding carboxylic acids is 2. The molecule has 0 saturated carbocycles. The van der Waals surface area contributed by atoms with Crippen molar-refractivity contribution >= 4 is 45.9 Å². The highest BCUT2D eigenvalue weighted by Crippen LogP contribution is 2.38. The lowest BCUT2D eigenvalue weighted by Gasteiger charge is -2.26. The number of urea groups is 1. The fourth-order valence-corrected chi connectivity index (χ4v) is 3.26. The maximum Gasteiger partial charge on any atom is 0.318 e. The topological polar surface area (TPSA) is 142 Å². The number of nitrogens with two attached hydrogens (primary N) is 1. The molecule has 0 spiro atoms. The molecule has 156 valence electrons. The average molecular weight is 416 g/mol. The van der Waals surface area contributed by atoms with Crippen molar-refractivity contribution < 1.29 is 9.59 Å². The summed E-state index contributed by atoms with van der Waals surface area (Å²) in [6.07, 6.45) is 3.11. The SMILES string of the molecule is CNC(=O)Nc1ccc(N(c2ccc(C(N)=O)cc2)c2ncnc3[nH]ncc23)c(C)c1. The molecule has 2 aromatic heterocycles. The van der Waals surface area contributed by atoms with Crippen LogP contribution in [-0.2, 0) is 0 Å². The van der Waals surface area contributed by atoms with Crippen molar-refractivity contribution in [3.05, 3.63) is 66.1 Å². The molecule has 0 unspecified atom stereocenters. The van der Waals surface area contributed by atoms with Crippen LogP contribution in [0.25, 0.3) is 11.0 Å². The van der Waals surface area contributed by atoms with Crippen molar-refractivity contribution in [2.24, 2.45) is 5.73 Å². The Labute approximate surface area is 177 Å². The van der Waals surface area contributed by atoms with E-state index < -0.39 is 5.91 Å². The van der Waals surface area contributed by atoms with E-state index in [4.69, 9.17) is 5.73 Å². The molecule has 0 bridgehead atoms. The average Bonchev–Trinajstić information content (AvgIpc) is 3.25. The summed E-state index contributed by atoms with van der Waals surface area (Å²) in [5.74, 6) is 0.110. The van der Waals surface area contributed by atoms with Crippen LogP contribution < -0.4 is 21.3 Å². The molecule has 31 heavy (non-hydrogen) atoms. The number of rotatable bonds is 5. The summed E-state index contributed by atoms with van der Waals surface area (Å²) < 4.78 is 0. The van der Waals surface area contributed by atoms with Gasteiger partial charge in [0.2, 0.25) is 5.91 Å². The molecule has 0 aliphatic carbocycles. The summed E-state index contributed by atoms with van der Waals surface area (Å²) in [5, 5.41) is 12.9. The van der Waals surface area contributed by atoms with E-state index in [1.165, 1.54) is 6.33 Å². The number of hydrogen-bond acceptors (Lipinski definition) is 6. The van der Waals surface area contributed by atoms with E-state index in [0.29, 0.717) is 22.7 Å². The van der Waals surface area contributed by atoms with Gasteiger partial charge in [-0.05, 0) is 55.0 Å². The number of nitrogens with zero attached hydrogens (tertiary/aromatic N) is 4. The fraction of sp³-hybridized carbons (Fsp3) is 0.0952. The van der Waals surface area contributed by atoms with Gasteiger partial charge in [0, 0.05) is 24.0 Å². The highest BCUT2D eigenvalue weighted by Gasteiger charge is 2.20. The van der Waals surface area contributed by atoms with E-state index in [2.05, 4.69) is 30.8 Å². The number of primary amides is 1. The van der Waals surface area contributed by atoms with Gasteiger partial charge in [-0.25, -0.2) is 14.8 Å². The monoisotopic (exact) mass is 416 g/mol. The minimum atomic E-state index is -0.502. The first-order valence-electron chi connectivity index (χ1n) is 9.41. The second kappa shape index (κ2) is 8.11. The highest BCUT2D eigenvalue weighted by atomic mass is 16.2. The zero-order chi connectivity index (χ0) is 22.0. The molecular weight excluding hydrogens is 396 g/mol. The Morgan fingerprint density at radius 2 is 1.87 bits per heavy atom. The molecule has 10 heteroatoms. The number of aryl methyl sites for hydroxylation is 1. The molecule has 2 heterocycles. The van der Waals surface area contributed by atoms with E-state index in [0.717, 1.165) is 22.3 Å². The summed E-state index contributed by atoms with van der Waals surface area (Å²) in [6, 6.07) is 12.2. The summed E-state index contributed by atoms with van der Waals surface area (Å²) >= 11 is 0. The Hall–Kier alpha value is -4.47. The number of nitrogens with one attached hydrogen (secondary N) is 3. The van der Waals surface area contributed by atoms with Gasteiger partial charge < -0.3 is 16.4 Å². The minimum absolute atomic E-state index is 0.304. The fourth-order valence-electron chi connectivity index (χ4n) is 3.26. The number of benzene rings is 2. The molecule has 0 fully saturated rings. The van der Waals surface area contributed by atoms with Crippen LogP contribution in [0.5, 0.6) is 0 Å². The lowest BCUT2D eigenvalue weighted by Crippen LogP contribution is -2.24. The molecule has 5 N–H and O–H groups in total. The van der Waals surface area contributed by atoms with Crippen molar-refractivity contribution in [2.75, 3.05) is 17.3 Å². The van der Waals surface area contributed by atoms with Gasteiger partial charge in [-0.3, -0.25) is 14.8 Å². The van der Waals surface area contributed by atoms with Gasteiger partial charge >= 0.3 is 6.03 Å². The molecule has 2 aromatic carbocycles. The Morgan fingerprint density at radius 1 is 1.10 bits per heavy atom. The number of anilines is 4. The van der Waals surface area contributed by atoms with Crippen LogP contribution in [0.3, 0.4) is 0 Å². The van der Waals surface area contributed by atoms with Crippen LogP contribution in [0.4, 0.5) is 27.7 Å². The first kappa shape index (κ1) is 19.8. The first-order chi connectivity index (χ1) is 15.0. The maximum absolute atomic E-state index is 11.7. The van der Waals surface area contributed by atoms with Crippen LogP contribution in [0.1, 0.15) is 15.9 Å². The lowest BCUT2D eigenvalue weighted by molar-refractivity contribution is 0.100. The second-order valence-electron chi connectivity index (χ2n) is 6.78. The van der Waals surface area contributed by atoms with Crippen molar-refractivity contribution in [2.45, 2.75) is 6.92 Å². The number of aromatic amines is 1. The Morgan fingerprint density at radius 3 is 2.55 bits per heavy atom. The smallest absolute Gasteiger partial charge is 0.318 e. The maximum atomic E-state index is 11.7. The van der Waals surface area contributed by atoms with E-state index in [1.54, 1.807) is 43.6 Å². The molecular formula is C21H20N8O2. The van der Waals surface area contributed by atoms with E-state index >= 15 is 0 Å². The van der Waals surface area contributed by atoms with Crippen LogP contribution >= 0.6 is 0 Å². The zero-order valence-electron chi connectivity index (χ0n) is 16.9. The van der Waals surface area contributed by atoms with Crippen LogP contribution in [0.2, 0.25) is 0 Å². The molecule has 0 aliphatic heterocycles. The van der Waals surface area contributed by atoms with Gasteiger partial charge in [0.1, 0.15) is 6.33 Å². The van der Waals surface area contributed by atoms with Gasteiger partial charge in [0.05, 0.1) is 17.3 Å². The summed E-state index contributed by atoms with van der Waals surface area (Å²) in [4.78, 5) is 33.8. The summed E-state index contributed by atoms with van der Waals surface area (Å²) in [6.45, 7) is 1.93. The molecule has 4 aromatic rings. The van der Waals surface area contributed by atoms with Crippen molar-refractivity contribution in [3.8, 4) is 0 Å². The number of carbonyl (C=O) groups is 2. The molecule has 0 atom stereocenters. The van der Waals surface area contributed by atoms with E-state index in [1.807, 2.05) is 24.0 Å². The van der Waals surface area contributed by atoms with Gasteiger partial charge in [0.15, 0.2) is 11.5 Å². The molecule has 4 rings (SSSR count). The minimum Gasteiger partial charge on any atom is -0.366 e. The standard InChI is InChI=1S/C21H20N8O2/c1-12-9-14(27-21(31)23-2)5-8-17(12)29(15-6-3-13(4-7-15)18(22)30)20-16-10-26-28-19(16)24-11-25-20/h3-11H,1-2H3,(H2,22,30)(H2,23,27,31)(H,24,25,26,28). The van der Waals surface area contributed by atoms with E-state index in [9.17, 15) is 9.59 Å². The van der Waals surface area contributed by atoms with E-state index in [-0.39, 0.29) is 6.03 Å². The zero-order valence-corrected chi connectivity index (χ0v) is 16.9. The molecule has 0 saturated heterocycles. The van der Waals surface area contributed by atoms with Crippen molar-refractivity contribution in [1.82, 2.24) is 25.5 Å². The van der Waals surface area contributed by atoms with Gasteiger partial charge in [-0.1, -0.05) is 0 Å². The number of hydrogen-bond donors (Lipinski definition) is 4. The Bertz CT molecular complexity index is 1270. The third kappa shape index (κ3) is 3.86. The van der Waals surface area contributed by atoms with Gasteiger partial charge in [0.25, 0.3) is 0 Å². The highest BCUT2D eigenvalue weighted by molar-refractivity contribution is 5.96. The van der Waals surface area contributed by atoms with Crippen LogP contribution in [-0.4, -0.2) is 39.2 Å². The molecule has 10 nitrogen and oxygen atoms in total. The molecule has 0 radical (unpaired) electrons. The second-order valence-corrected chi connectivity index (χ2v) is 6.78. The molecule has 0 aliphatic rings.